The van der Waals surface area contributed by atoms with Gasteiger partial charge in [-0.25, -0.2) is 4.98 Å². The molecule has 2 aromatic carbocycles. The Kier molecular flexibility index (Phi) is 6.56. The third kappa shape index (κ3) is 4.96. The lowest BCUT2D eigenvalue weighted by molar-refractivity contribution is -0.116. The van der Waals surface area contributed by atoms with Gasteiger partial charge in [-0.3, -0.25) is 14.2 Å². The van der Waals surface area contributed by atoms with Crippen LogP contribution in [0.1, 0.15) is 12.6 Å². The molecular weight excluding hydrogens is 413 g/mol. The van der Waals surface area contributed by atoms with Crippen molar-refractivity contribution in [1.29, 1.82) is 0 Å². The highest BCUT2D eigenvalue weighted by Crippen LogP contribution is 2.27. The van der Waals surface area contributed by atoms with Crippen molar-refractivity contribution in [1.82, 2.24) is 9.55 Å². The fourth-order valence-corrected chi connectivity index (χ4v) is 3.27. The number of halogens is 2. The van der Waals surface area contributed by atoms with Crippen LogP contribution in [0.3, 0.4) is 0 Å². The number of anilines is 1. The molecule has 3 aromatic rings. The second-order valence-corrected chi connectivity index (χ2v) is 7.10. The van der Waals surface area contributed by atoms with E-state index >= 15 is 0 Å². The Balaban J connectivity index is 1.93. The van der Waals surface area contributed by atoms with E-state index < -0.39 is 0 Å². The van der Waals surface area contributed by atoms with Crippen LogP contribution < -0.4 is 15.6 Å². The van der Waals surface area contributed by atoms with E-state index in [1.165, 1.54) is 17.7 Å². The lowest BCUT2D eigenvalue weighted by Gasteiger charge is -2.14. The maximum absolute atomic E-state index is 12.7. The third-order valence-corrected chi connectivity index (χ3v) is 4.77. The molecule has 0 saturated heterocycles. The first kappa shape index (κ1) is 20.9. The highest BCUT2D eigenvalue weighted by molar-refractivity contribution is 6.32. The first-order valence-corrected chi connectivity index (χ1v) is 9.67. The fourth-order valence-electron chi connectivity index (χ4n) is 2.82. The van der Waals surface area contributed by atoms with Gasteiger partial charge in [0.15, 0.2) is 0 Å². The average molecular weight is 432 g/mol. The maximum Gasteiger partial charge on any atom is 0.254 e. The Hall–Kier alpha value is -2.83. The van der Waals surface area contributed by atoms with Gasteiger partial charge in [0.1, 0.15) is 18.1 Å². The minimum Gasteiger partial charge on any atom is -0.495 e. The van der Waals surface area contributed by atoms with Crippen LogP contribution in [0, 0.1) is 0 Å². The van der Waals surface area contributed by atoms with Gasteiger partial charge < -0.3 is 10.1 Å². The Labute approximate surface area is 178 Å². The second-order valence-electron chi connectivity index (χ2n) is 6.26. The second kappa shape index (κ2) is 9.11. The van der Waals surface area contributed by atoms with Crippen LogP contribution in [-0.2, 0) is 17.8 Å². The number of rotatable bonds is 6. The van der Waals surface area contributed by atoms with Crippen molar-refractivity contribution in [2.45, 2.75) is 19.9 Å². The molecule has 1 aromatic heterocycles. The summed E-state index contributed by atoms with van der Waals surface area (Å²) in [7, 11) is 1.51. The number of hydrogen-bond donors (Lipinski definition) is 1. The summed E-state index contributed by atoms with van der Waals surface area (Å²) in [5.74, 6) is 0.505. The van der Waals surface area contributed by atoms with Gasteiger partial charge in [0.25, 0.3) is 5.56 Å². The molecule has 6 nitrogen and oxygen atoms in total. The molecule has 0 aliphatic rings. The summed E-state index contributed by atoms with van der Waals surface area (Å²) in [4.78, 5) is 29.8. The summed E-state index contributed by atoms with van der Waals surface area (Å²) >= 11 is 12.2. The monoisotopic (exact) mass is 431 g/mol. The minimum atomic E-state index is -0.386. The maximum atomic E-state index is 12.7. The molecule has 150 valence electrons. The Morgan fingerprint density at radius 3 is 2.62 bits per heavy atom. The summed E-state index contributed by atoms with van der Waals surface area (Å²) in [5.41, 5.74) is 1.49. The molecular formula is C21H19Cl2N3O3. The molecule has 29 heavy (non-hydrogen) atoms. The lowest BCUT2D eigenvalue weighted by Crippen LogP contribution is -2.30. The number of amides is 1. The number of hydrogen-bond acceptors (Lipinski definition) is 4. The number of methoxy groups -OCH3 is 1. The summed E-state index contributed by atoms with van der Waals surface area (Å²) < 4.78 is 6.43. The fraction of sp³-hybridized carbons (Fsp3) is 0.190. The van der Waals surface area contributed by atoms with Gasteiger partial charge in [-0.15, -0.1) is 0 Å². The smallest absolute Gasteiger partial charge is 0.254 e. The number of nitrogens with zero attached hydrogens (tertiary/aromatic N) is 2. The summed E-state index contributed by atoms with van der Waals surface area (Å²) in [6.45, 7) is 1.70. The van der Waals surface area contributed by atoms with Crippen molar-refractivity contribution in [3.8, 4) is 17.1 Å². The molecule has 0 atom stereocenters. The Bertz CT molecular complexity index is 1110. The van der Waals surface area contributed by atoms with Crippen LogP contribution in [0.15, 0.2) is 53.3 Å². The van der Waals surface area contributed by atoms with Crippen molar-refractivity contribution >= 4 is 34.8 Å². The van der Waals surface area contributed by atoms with Gasteiger partial charge in [0.05, 0.1) is 12.1 Å². The number of benzene rings is 2. The predicted molar refractivity (Wildman–Crippen MR) is 115 cm³/mol. The largest absolute Gasteiger partial charge is 0.495 e. The number of carbonyl (C=O) groups excluding carboxylic acids is 1. The van der Waals surface area contributed by atoms with Crippen molar-refractivity contribution in [3.05, 3.63) is 74.6 Å². The molecule has 0 aliphatic heterocycles. The van der Waals surface area contributed by atoms with Gasteiger partial charge >= 0.3 is 0 Å². The highest BCUT2D eigenvalue weighted by Gasteiger charge is 2.15. The molecule has 0 unspecified atom stereocenters. The molecule has 1 heterocycles. The van der Waals surface area contributed by atoms with E-state index in [1.807, 2.05) is 6.92 Å². The molecule has 0 fully saturated rings. The molecule has 0 spiro atoms. The molecule has 3 rings (SSSR count). The van der Waals surface area contributed by atoms with Crippen molar-refractivity contribution in [3.63, 3.8) is 0 Å². The van der Waals surface area contributed by atoms with E-state index in [1.54, 1.807) is 42.5 Å². The normalized spacial score (nSPS) is 10.6. The predicted octanol–water partition coefficient (Wildman–Crippen LogP) is 4.43. The number of aromatic nitrogens is 2. The summed E-state index contributed by atoms with van der Waals surface area (Å²) in [6.07, 6.45) is 0.597. The SMILES string of the molecule is CCc1cc(=O)n(CC(=O)Nc2ccc(OC)c(Cl)c2)c(-c2cccc(Cl)c2)n1. The molecule has 0 radical (unpaired) electrons. The number of ether oxygens (including phenoxy) is 1. The van der Waals surface area contributed by atoms with E-state index in [-0.39, 0.29) is 18.0 Å². The van der Waals surface area contributed by atoms with E-state index in [4.69, 9.17) is 27.9 Å². The molecule has 1 amide bonds. The molecule has 0 aliphatic carbocycles. The molecule has 8 heteroatoms. The quantitative estimate of drug-likeness (QED) is 0.626. The van der Waals surface area contributed by atoms with E-state index in [0.29, 0.717) is 45.0 Å². The zero-order valence-corrected chi connectivity index (χ0v) is 17.4. The number of nitrogens with one attached hydrogen (secondary N) is 1. The van der Waals surface area contributed by atoms with Gasteiger partial charge in [-0.05, 0) is 36.8 Å². The number of aryl methyl sites for hydroxylation is 1. The number of carbonyl (C=O) groups is 1. The topological polar surface area (TPSA) is 73.2 Å². The summed E-state index contributed by atoms with van der Waals surface area (Å²) in [5, 5.41) is 3.62. The first-order valence-electron chi connectivity index (χ1n) is 8.91. The van der Waals surface area contributed by atoms with Crippen molar-refractivity contribution in [2.24, 2.45) is 0 Å². The first-order chi connectivity index (χ1) is 13.9. The van der Waals surface area contributed by atoms with Crippen LogP contribution >= 0.6 is 23.2 Å². The lowest BCUT2D eigenvalue weighted by atomic mass is 10.2. The third-order valence-electron chi connectivity index (χ3n) is 4.24. The average Bonchev–Trinajstić information content (AvgIpc) is 2.69. The Morgan fingerprint density at radius 1 is 1.17 bits per heavy atom. The summed E-state index contributed by atoms with van der Waals surface area (Å²) in [6, 6.07) is 13.3. The van der Waals surface area contributed by atoms with Gasteiger partial charge in [-0.1, -0.05) is 42.3 Å². The minimum absolute atomic E-state index is 0.207. The molecule has 1 N–H and O–H groups in total. The van der Waals surface area contributed by atoms with Crippen molar-refractivity contribution in [2.75, 3.05) is 12.4 Å². The van der Waals surface area contributed by atoms with Gasteiger partial charge in [-0.2, -0.15) is 0 Å². The van der Waals surface area contributed by atoms with Crippen LogP contribution in [0.5, 0.6) is 5.75 Å². The van der Waals surface area contributed by atoms with Crippen LogP contribution in [0.2, 0.25) is 10.0 Å². The van der Waals surface area contributed by atoms with Crippen LogP contribution in [0.25, 0.3) is 11.4 Å². The van der Waals surface area contributed by atoms with Crippen LogP contribution in [-0.4, -0.2) is 22.6 Å². The van der Waals surface area contributed by atoms with Crippen molar-refractivity contribution < 1.29 is 9.53 Å². The standard InChI is InChI=1S/C21H19Cl2N3O3/c1-3-15-11-20(28)26(21(25-15)13-5-4-6-14(22)9-13)12-19(27)24-16-7-8-18(29-2)17(23)10-16/h4-11H,3,12H2,1-2H3,(H,24,27). The zero-order valence-electron chi connectivity index (χ0n) is 15.9. The van der Waals surface area contributed by atoms with Gasteiger partial charge in [0.2, 0.25) is 5.91 Å². The highest BCUT2D eigenvalue weighted by atomic mass is 35.5. The van der Waals surface area contributed by atoms with E-state index in [9.17, 15) is 9.59 Å². The zero-order chi connectivity index (χ0) is 21.0. The van der Waals surface area contributed by atoms with E-state index in [0.717, 1.165) is 0 Å². The van der Waals surface area contributed by atoms with E-state index in [2.05, 4.69) is 10.3 Å². The molecule has 0 saturated carbocycles. The Morgan fingerprint density at radius 2 is 1.97 bits per heavy atom. The van der Waals surface area contributed by atoms with Gasteiger partial charge in [0, 0.05) is 28.0 Å². The molecule has 0 bridgehead atoms. The van der Waals surface area contributed by atoms with Crippen LogP contribution in [0.4, 0.5) is 5.69 Å².